The van der Waals surface area contributed by atoms with Gasteiger partial charge in [-0.05, 0) is 69.6 Å². The second kappa shape index (κ2) is 9.34. The van der Waals surface area contributed by atoms with Crippen molar-refractivity contribution in [3.63, 3.8) is 0 Å². The Kier molecular flexibility index (Phi) is 6.36. The van der Waals surface area contributed by atoms with Gasteiger partial charge in [0.1, 0.15) is 5.82 Å². The molecule has 0 unspecified atom stereocenters. The maximum Gasteiger partial charge on any atom is 0.251 e. The number of amides is 1. The third kappa shape index (κ3) is 4.96. The molecule has 1 amide bonds. The van der Waals surface area contributed by atoms with Crippen LogP contribution in [-0.2, 0) is 12.8 Å². The molecule has 0 spiro atoms. The van der Waals surface area contributed by atoms with Crippen molar-refractivity contribution >= 4 is 17.7 Å². The summed E-state index contributed by atoms with van der Waals surface area (Å²) in [4.78, 5) is 24.3. The minimum Gasteiger partial charge on any atom is -0.362 e. The van der Waals surface area contributed by atoms with Gasteiger partial charge in [0.05, 0.1) is 17.3 Å². The first kappa shape index (κ1) is 21.1. The number of nitriles is 1. The zero-order valence-electron chi connectivity index (χ0n) is 18.3. The zero-order chi connectivity index (χ0) is 21.8. The second-order valence-electron chi connectivity index (χ2n) is 8.76. The molecule has 0 aliphatic heterocycles. The Morgan fingerprint density at radius 1 is 1.10 bits per heavy atom. The van der Waals surface area contributed by atoms with Crippen molar-refractivity contribution in [2.24, 2.45) is 0 Å². The lowest BCUT2D eigenvalue weighted by Gasteiger charge is -2.30. The molecule has 0 radical (unpaired) electrons. The lowest BCUT2D eigenvalue weighted by molar-refractivity contribution is 0.0926. The Balaban J connectivity index is 1.35. The molecule has 7 heteroatoms. The predicted octanol–water partition coefficient (Wildman–Crippen LogP) is 3.45. The van der Waals surface area contributed by atoms with Crippen LogP contribution in [-0.4, -0.2) is 42.1 Å². The van der Waals surface area contributed by atoms with Crippen LogP contribution in [0.15, 0.2) is 24.3 Å². The summed E-state index contributed by atoms with van der Waals surface area (Å²) in [6, 6.07) is 9.38. The first-order valence-corrected chi connectivity index (χ1v) is 11.2. The van der Waals surface area contributed by atoms with Crippen molar-refractivity contribution in [3.8, 4) is 6.07 Å². The van der Waals surface area contributed by atoms with Gasteiger partial charge in [0, 0.05) is 37.3 Å². The van der Waals surface area contributed by atoms with Crippen molar-refractivity contribution in [3.05, 3.63) is 46.6 Å². The molecule has 0 atom stereocenters. The van der Waals surface area contributed by atoms with Gasteiger partial charge in [-0.3, -0.25) is 4.79 Å². The topological polar surface area (TPSA) is 93.9 Å². The third-order valence-corrected chi connectivity index (χ3v) is 6.23. The fraction of sp³-hybridized carbons (Fsp3) is 0.500. The number of aryl methyl sites for hydroxylation is 1. The highest BCUT2D eigenvalue weighted by molar-refractivity contribution is 5.94. The maximum atomic E-state index is 12.5. The highest BCUT2D eigenvalue weighted by Gasteiger charge is 2.25. The molecule has 31 heavy (non-hydrogen) atoms. The number of benzene rings is 1. The van der Waals surface area contributed by atoms with E-state index in [9.17, 15) is 4.79 Å². The minimum atomic E-state index is -0.109. The molecule has 162 valence electrons. The molecule has 0 bridgehead atoms. The molecule has 1 saturated carbocycles. The largest absolute Gasteiger partial charge is 0.362 e. The molecule has 1 aromatic heterocycles. The Labute approximate surface area is 183 Å². The number of nitrogens with zero attached hydrogens (tertiary/aromatic N) is 4. The van der Waals surface area contributed by atoms with Crippen LogP contribution in [0.3, 0.4) is 0 Å². The Bertz CT molecular complexity index is 988. The number of carbonyl (C=O) groups is 1. The number of hydrogen-bond donors (Lipinski definition) is 2. The summed E-state index contributed by atoms with van der Waals surface area (Å²) in [6.45, 7) is 0. The first-order valence-electron chi connectivity index (χ1n) is 11.2. The lowest BCUT2D eigenvalue weighted by atomic mass is 9.91. The summed E-state index contributed by atoms with van der Waals surface area (Å²) in [6.07, 6.45) is 8.23. The van der Waals surface area contributed by atoms with E-state index in [0.29, 0.717) is 17.2 Å². The molecule has 0 saturated heterocycles. The van der Waals surface area contributed by atoms with Gasteiger partial charge < -0.3 is 15.5 Å². The van der Waals surface area contributed by atoms with E-state index in [4.69, 9.17) is 15.2 Å². The Hall–Kier alpha value is -3.14. The van der Waals surface area contributed by atoms with Crippen LogP contribution < -0.4 is 15.5 Å². The monoisotopic (exact) mass is 418 g/mol. The van der Waals surface area contributed by atoms with E-state index in [1.807, 2.05) is 14.1 Å². The molecule has 7 nitrogen and oxygen atoms in total. The van der Waals surface area contributed by atoms with Crippen LogP contribution in [0.25, 0.3) is 0 Å². The highest BCUT2D eigenvalue weighted by atomic mass is 16.1. The summed E-state index contributed by atoms with van der Waals surface area (Å²) in [5.41, 5.74) is 3.53. The molecule has 1 heterocycles. The molecular weight excluding hydrogens is 388 g/mol. The smallest absolute Gasteiger partial charge is 0.251 e. The van der Waals surface area contributed by atoms with Gasteiger partial charge in [0.25, 0.3) is 5.91 Å². The fourth-order valence-electron chi connectivity index (χ4n) is 4.57. The first-order chi connectivity index (χ1) is 15.0. The molecule has 1 aromatic carbocycles. The Morgan fingerprint density at radius 2 is 1.84 bits per heavy atom. The van der Waals surface area contributed by atoms with Gasteiger partial charge in [-0.15, -0.1) is 0 Å². The number of anilines is 2. The van der Waals surface area contributed by atoms with Crippen LogP contribution in [0.2, 0.25) is 0 Å². The van der Waals surface area contributed by atoms with Crippen LogP contribution in [0.4, 0.5) is 11.8 Å². The van der Waals surface area contributed by atoms with Gasteiger partial charge in [-0.1, -0.05) is 6.07 Å². The van der Waals surface area contributed by atoms with Gasteiger partial charge in [0.15, 0.2) is 0 Å². The van der Waals surface area contributed by atoms with Gasteiger partial charge in [0.2, 0.25) is 5.95 Å². The second-order valence-corrected chi connectivity index (χ2v) is 8.76. The van der Waals surface area contributed by atoms with Gasteiger partial charge in [-0.25, -0.2) is 4.98 Å². The summed E-state index contributed by atoms with van der Waals surface area (Å²) in [5.74, 6) is 1.65. The van der Waals surface area contributed by atoms with Crippen molar-refractivity contribution in [2.45, 2.75) is 63.5 Å². The standard InChI is InChI=1S/C24H30N6O/c1-30(2)22-20-8-3-4-9-21(20)28-24(29-22)27-19-12-10-18(11-13-19)26-23(31)17-7-5-6-16(14-17)15-25/h5-7,14,18-19H,3-4,8-13H2,1-2H3,(H,26,31)(H,27,28,29). The summed E-state index contributed by atoms with van der Waals surface area (Å²) >= 11 is 0. The van der Waals surface area contributed by atoms with Crippen molar-refractivity contribution in [1.82, 2.24) is 15.3 Å². The summed E-state index contributed by atoms with van der Waals surface area (Å²) < 4.78 is 0. The highest BCUT2D eigenvalue weighted by Crippen LogP contribution is 2.29. The van der Waals surface area contributed by atoms with E-state index in [1.165, 1.54) is 24.1 Å². The van der Waals surface area contributed by atoms with E-state index in [2.05, 4.69) is 21.6 Å². The number of nitrogens with one attached hydrogen (secondary N) is 2. The van der Waals surface area contributed by atoms with Gasteiger partial charge in [-0.2, -0.15) is 10.2 Å². The quantitative estimate of drug-likeness (QED) is 0.772. The van der Waals surface area contributed by atoms with Crippen molar-refractivity contribution in [1.29, 1.82) is 5.26 Å². The van der Waals surface area contributed by atoms with Gasteiger partial charge >= 0.3 is 0 Å². The minimum absolute atomic E-state index is 0.109. The van der Waals surface area contributed by atoms with E-state index in [1.54, 1.807) is 24.3 Å². The molecule has 1 fully saturated rings. The lowest BCUT2D eigenvalue weighted by Crippen LogP contribution is -2.40. The molecular formula is C24H30N6O. The summed E-state index contributed by atoms with van der Waals surface area (Å²) in [7, 11) is 4.09. The van der Waals surface area contributed by atoms with E-state index >= 15 is 0 Å². The molecule has 2 aromatic rings. The number of carbonyl (C=O) groups excluding carboxylic acids is 1. The van der Waals surface area contributed by atoms with Crippen LogP contribution >= 0.6 is 0 Å². The summed E-state index contributed by atoms with van der Waals surface area (Å²) in [5, 5.41) is 15.7. The van der Waals surface area contributed by atoms with Crippen molar-refractivity contribution in [2.75, 3.05) is 24.3 Å². The molecule has 2 N–H and O–H groups in total. The number of rotatable bonds is 5. The number of fused-ring (bicyclic) bond motifs is 1. The third-order valence-electron chi connectivity index (χ3n) is 6.23. The maximum absolute atomic E-state index is 12.5. The normalized spacial score (nSPS) is 20.3. The average Bonchev–Trinajstić information content (AvgIpc) is 2.79. The Morgan fingerprint density at radius 3 is 2.58 bits per heavy atom. The number of aromatic nitrogens is 2. The fourth-order valence-corrected chi connectivity index (χ4v) is 4.57. The van der Waals surface area contributed by atoms with Crippen LogP contribution in [0.1, 0.15) is 65.7 Å². The SMILES string of the molecule is CN(C)c1nc(NC2CCC(NC(=O)c3cccc(C#N)c3)CC2)nc2c1CCCC2. The van der Waals surface area contributed by atoms with E-state index in [-0.39, 0.29) is 11.9 Å². The zero-order valence-corrected chi connectivity index (χ0v) is 18.3. The van der Waals surface area contributed by atoms with Crippen LogP contribution in [0.5, 0.6) is 0 Å². The van der Waals surface area contributed by atoms with E-state index in [0.717, 1.165) is 50.3 Å². The molecule has 4 rings (SSSR count). The van der Waals surface area contributed by atoms with E-state index < -0.39 is 0 Å². The number of hydrogen-bond acceptors (Lipinski definition) is 6. The average molecular weight is 419 g/mol. The van der Waals surface area contributed by atoms with Crippen LogP contribution in [0, 0.1) is 11.3 Å². The molecule has 2 aliphatic carbocycles. The predicted molar refractivity (Wildman–Crippen MR) is 121 cm³/mol. The molecule has 2 aliphatic rings. The van der Waals surface area contributed by atoms with Crippen molar-refractivity contribution < 1.29 is 4.79 Å².